The highest BCUT2D eigenvalue weighted by Crippen LogP contribution is 2.13. The summed E-state index contributed by atoms with van der Waals surface area (Å²) in [4.78, 5) is 1.93. The Kier molecular flexibility index (Phi) is 3.34. The Labute approximate surface area is 73.6 Å². The van der Waals surface area contributed by atoms with E-state index in [1.165, 1.54) is 0 Å². The van der Waals surface area contributed by atoms with Crippen molar-refractivity contribution in [1.82, 2.24) is 10.2 Å². The monoisotopic (exact) mass is 170 g/mol. The summed E-state index contributed by atoms with van der Waals surface area (Å²) in [6.07, 6.45) is 1.16. The third-order valence-electron chi connectivity index (χ3n) is 2.31. The summed E-state index contributed by atoms with van der Waals surface area (Å²) in [6, 6.07) is 0. The maximum Gasteiger partial charge on any atom is 0.188 e. The quantitative estimate of drug-likeness (QED) is 0.406. The molecule has 0 saturated carbocycles. The molecule has 0 aromatic carbocycles. The summed E-state index contributed by atoms with van der Waals surface area (Å²) in [5.74, 6) is 0.892. The fraction of sp³-hybridized carbons (Fsp3) is 0.875. The zero-order valence-corrected chi connectivity index (χ0v) is 7.64. The van der Waals surface area contributed by atoms with Crippen LogP contribution in [0.4, 0.5) is 0 Å². The van der Waals surface area contributed by atoms with E-state index in [0.717, 1.165) is 32.6 Å². The van der Waals surface area contributed by atoms with Crippen LogP contribution in [0.15, 0.2) is 0 Å². The summed E-state index contributed by atoms with van der Waals surface area (Å²) in [7, 11) is 0. The van der Waals surface area contributed by atoms with Gasteiger partial charge in [-0.05, 0) is 25.4 Å². The molecule has 1 fully saturated rings. The van der Waals surface area contributed by atoms with Crippen LogP contribution in [0.1, 0.15) is 13.3 Å². The van der Waals surface area contributed by atoms with Gasteiger partial charge in [-0.25, -0.2) is 0 Å². The zero-order valence-electron chi connectivity index (χ0n) is 7.64. The molecule has 1 rings (SSSR count). The Hall–Kier alpha value is -0.770. The molecule has 0 bridgehead atoms. The van der Waals surface area contributed by atoms with Gasteiger partial charge in [0.15, 0.2) is 5.96 Å². The smallest absolute Gasteiger partial charge is 0.188 e. The first kappa shape index (κ1) is 9.32. The molecule has 4 nitrogen and oxygen atoms in total. The van der Waals surface area contributed by atoms with Gasteiger partial charge in [-0.1, -0.05) is 6.92 Å². The Morgan fingerprint density at radius 2 is 2.50 bits per heavy atom. The van der Waals surface area contributed by atoms with Crippen molar-refractivity contribution in [2.75, 3.05) is 26.2 Å². The molecule has 1 aliphatic heterocycles. The molecule has 0 spiro atoms. The van der Waals surface area contributed by atoms with Crippen LogP contribution in [0, 0.1) is 11.3 Å². The summed E-state index contributed by atoms with van der Waals surface area (Å²) >= 11 is 0. The molecule has 4 N–H and O–H groups in total. The molecule has 70 valence electrons. The molecule has 0 aromatic rings. The lowest BCUT2D eigenvalue weighted by Gasteiger charge is -2.15. The van der Waals surface area contributed by atoms with E-state index in [4.69, 9.17) is 11.1 Å². The van der Waals surface area contributed by atoms with Crippen molar-refractivity contribution in [1.29, 1.82) is 5.41 Å². The number of likely N-dealkylation sites (tertiary alicyclic amines) is 1. The highest BCUT2D eigenvalue weighted by molar-refractivity contribution is 5.74. The number of nitrogens with zero attached hydrogens (tertiary/aromatic N) is 1. The second-order valence-corrected chi connectivity index (χ2v) is 3.29. The van der Waals surface area contributed by atoms with Crippen molar-refractivity contribution in [3.8, 4) is 0 Å². The Morgan fingerprint density at radius 1 is 1.75 bits per heavy atom. The van der Waals surface area contributed by atoms with Crippen LogP contribution in [0.5, 0.6) is 0 Å². The van der Waals surface area contributed by atoms with E-state index in [1.807, 2.05) is 4.90 Å². The number of hydrogen-bond donors (Lipinski definition) is 3. The maximum atomic E-state index is 7.24. The fourth-order valence-electron chi connectivity index (χ4n) is 1.57. The Morgan fingerprint density at radius 3 is 3.00 bits per heavy atom. The van der Waals surface area contributed by atoms with Crippen molar-refractivity contribution in [2.45, 2.75) is 13.3 Å². The van der Waals surface area contributed by atoms with Gasteiger partial charge >= 0.3 is 0 Å². The minimum Gasteiger partial charge on any atom is -0.370 e. The number of rotatable bonds is 3. The van der Waals surface area contributed by atoms with Crippen molar-refractivity contribution in [3.63, 3.8) is 0 Å². The number of nitrogens with two attached hydrogens (primary N) is 1. The van der Waals surface area contributed by atoms with Gasteiger partial charge in [-0.15, -0.1) is 0 Å². The van der Waals surface area contributed by atoms with Crippen molar-refractivity contribution in [3.05, 3.63) is 0 Å². The topological polar surface area (TPSA) is 65.1 Å². The molecule has 12 heavy (non-hydrogen) atoms. The normalized spacial score (nSPS) is 23.1. The predicted molar refractivity (Wildman–Crippen MR) is 50.1 cm³/mol. The zero-order chi connectivity index (χ0) is 8.97. The SMILES string of the molecule is CCNC[C@H]1CCN(C(=N)N)C1. The molecule has 0 unspecified atom stereocenters. The maximum absolute atomic E-state index is 7.24. The van der Waals surface area contributed by atoms with Gasteiger partial charge in [0, 0.05) is 13.1 Å². The van der Waals surface area contributed by atoms with Gasteiger partial charge in [-0.2, -0.15) is 0 Å². The van der Waals surface area contributed by atoms with E-state index in [0.29, 0.717) is 5.92 Å². The highest BCUT2D eigenvalue weighted by atomic mass is 15.2. The minimum atomic E-state index is 0.217. The predicted octanol–water partition coefficient (Wildman–Crippen LogP) is -0.189. The van der Waals surface area contributed by atoms with Gasteiger partial charge in [0.1, 0.15) is 0 Å². The third kappa shape index (κ3) is 2.37. The molecule has 0 amide bonds. The van der Waals surface area contributed by atoms with Crippen molar-refractivity contribution < 1.29 is 0 Å². The lowest BCUT2D eigenvalue weighted by atomic mass is 10.1. The first-order valence-electron chi connectivity index (χ1n) is 4.53. The lowest BCUT2D eigenvalue weighted by molar-refractivity contribution is 0.456. The molecule has 0 aromatic heterocycles. The van der Waals surface area contributed by atoms with E-state index < -0.39 is 0 Å². The van der Waals surface area contributed by atoms with Gasteiger partial charge in [0.25, 0.3) is 0 Å². The van der Waals surface area contributed by atoms with Crippen LogP contribution < -0.4 is 11.1 Å². The van der Waals surface area contributed by atoms with Crippen LogP contribution in [0.3, 0.4) is 0 Å². The van der Waals surface area contributed by atoms with Crippen LogP contribution >= 0.6 is 0 Å². The summed E-state index contributed by atoms with van der Waals surface area (Å²) in [5.41, 5.74) is 5.38. The van der Waals surface area contributed by atoms with E-state index in [9.17, 15) is 0 Å². The lowest BCUT2D eigenvalue weighted by Crippen LogP contribution is -2.35. The first-order valence-corrected chi connectivity index (χ1v) is 4.53. The van der Waals surface area contributed by atoms with Crippen LogP contribution in [0.2, 0.25) is 0 Å². The van der Waals surface area contributed by atoms with E-state index in [-0.39, 0.29) is 5.96 Å². The number of hydrogen-bond acceptors (Lipinski definition) is 2. The number of nitrogens with one attached hydrogen (secondary N) is 2. The van der Waals surface area contributed by atoms with Crippen molar-refractivity contribution in [2.24, 2.45) is 11.7 Å². The van der Waals surface area contributed by atoms with E-state index in [1.54, 1.807) is 0 Å². The molecule has 1 aliphatic rings. The Balaban J connectivity index is 2.21. The molecule has 1 atom stereocenters. The second kappa shape index (κ2) is 4.30. The molecule has 1 saturated heterocycles. The van der Waals surface area contributed by atoms with Gasteiger partial charge < -0.3 is 16.0 Å². The summed E-state index contributed by atoms with van der Waals surface area (Å²) < 4.78 is 0. The largest absolute Gasteiger partial charge is 0.370 e. The van der Waals surface area contributed by atoms with E-state index in [2.05, 4.69) is 12.2 Å². The van der Waals surface area contributed by atoms with Crippen LogP contribution in [0.25, 0.3) is 0 Å². The number of guanidine groups is 1. The molecule has 0 radical (unpaired) electrons. The van der Waals surface area contributed by atoms with Crippen molar-refractivity contribution >= 4 is 5.96 Å². The molecule has 1 heterocycles. The summed E-state index contributed by atoms with van der Waals surface area (Å²) in [5, 5.41) is 10.6. The minimum absolute atomic E-state index is 0.217. The fourth-order valence-corrected chi connectivity index (χ4v) is 1.57. The first-order chi connectivity index (χ1) is 5.74. The highest BCUT2D eigenvalue weighted by Gasteiger charge is 2.22. The van der Waals surface area contributed by atoms with Gasteiger partial charge in [0.05, 0.1) is 0 Å². The van der Waals surface area contributed by atoms with Gasteiger partial charge in [0.2, 0.25) is 0 Å². The molecular weight excluding hydrogens is 152 g/mol. The van der Waals surface area contributed by atoms with Gasteiger partial charge in [-0.3, -0.25) is 5.41 Å². The third-order valence-corrected chi connectivity index (χ3v) is 2.31. The molecule has 4 heteroatoms. The van der Waals surface area contributed by atoms with Crippen LogP contribution in [-0.4, -0.2) is 37.0 Å². The molecule has 0 aliphatic carbocycles. The Bertz CT molecular complexity index is 157. The van der Waals surface area contributed by atoms with Crippen LogP contribution in [-0.2, 0) is 0 Å². The van der Waals surface area contributed by atoms with E-state index >= 15 is 0 Å². The average Bonchev–Trinajstić information content (AvgIpc) is 2.48. The standard InChI is InChI=1S/C8H18N4/c1-2-11-5-7-3-4-12(6-7)8(9)10/h7,11H,2-6H2,1H3,(H3,9,10)/t7-/m1/s1. The second-order valence-electron chi connectivity index (χ2n) is 3.29. The summed E-state index contributed by atoms with van der Waals surface area (Å²) in [6.45, 7) is 6.09. The molecular formula is C8H18N4. The average molecular weight is 170 g/mol.